The minimum absolute atomic E-state index is 0.0166. The molecule has 0 saturated carbocycles. The monoisotopic (exact) mass is 401 g/mol. The number of hydrogen-bond donors (Lipinski definition) is 1. The molecule has 0 aromatic heterocycles. The molecule has 27 heavy (non-hydrogen) atoms. The Bertz CT molecular complexity index is 795. The van der Waals surface area contributed by atoms with E-state index in [1.54, 1.807) is 43.2 Å². The van der Waals surface area contributed by atoms with Crippen molar-refractivity contribution in [1.29, 1.82) is 0 Å². The van der Waals surface area contributed by atoms with Crippen molar-refractivity contribution in [3.63, 3.8) is 0 Å². The van der Waals surface area contributed by atoms with E-state index >= 15 is 0 Å². The molecule has 0 unspecified atom stereocenters. The van der Waals surface area contributed by atoms with Gasteiger partial charge in [-0.05, 0) is 29.7 Å². The Morgan fingerprint density at radius 3 is 2.56 bits per heavy atom. The van der Waals surface area contributed by atoms with Gasteiger partial charge in [-0.1, -0.05) is 73.4 Å². The van der Waals surface area contributed by atoms with Gasteiger partial charge >= 0.3 is 0 Å². The molecule has 1 fully saturated rings. The van der Waals surface area contributed by atoms with E-state index in [1.807, 2.05) is 18.2 Å². The van der Waals surface area contributed by atoms with Crippen LogP contribution in [0.25, 0.3) is 0 Å². The summed E-state index contributed by atoms with van der Waals surface area (Å²) in [5, 5.41) is 10.7. The first-order valence-electron chi connectivity index (χ1n) is 8.87. The first-order chi connectivity index (χ1) is 13.0. The summed E-state index contributed by atoms with van der Waals surface area (Å²) in [6, 6.07) is 17.2. The summed E-state index contributed by atoms with van der Waals surface area (Å²) in [5.74, 6) is 0.776. The third kappa shape index (κ3) is 4.51. The first-order valence-corrected chi connectivity index (χ1v) is 10.3. The normalized spacial score (nSPS) is 19.0. The fourth-order valence-corrected chi connectivity index (χ4v) is 4.63. The molecule has 1 heterocycles. The molecule has 1 N–H and O–H groups in total. The van der Waals surface area contributed by atoms with Crippen LogP contribution in [0.15, 0.2) is 54.6 Å². The van der Waals surface area contributed by atoms with E-state index in [0.29, 0.717) is 15.6 Å². The lowest BCUT2D eigenvalue weighted by Gasteiger charge is -2.28. The summed E-state index contributed by atoms with van der Waals surface area (Å²) in [4.78, 5) is 14.8. The largest absolute Gasteiger partial charge is 0.497 e. The Labute approximate surface area is 169 Å². The molecule has 1 saturated heterocycles. The summed E-state index contributed by atoms with van der Waals surface area (Å²) in [7, 11) is 1.59. The highest BCUT2D eigenvalue weighted by Crippen LogP contribution is 2.32. The van der Waals surface area contributed by atoms with Crippen molar-refractivity contribution >= 4 is 34.2 Å². The Kier molecular flexibility index (Phi) is 6.52. The van der Waals surface area contributed by atoms with Gasteiger partial charge in [-0.3, -0.25) is 9.69 Å². The number of aliphatic hydroxyl groups excluding tert-OH is 1. The Morgan fingerprint density at radius 1 is 1.26 bits per heavy atom. The van der Waals surface area contributed by atoms with Gasteiger partial charge in [-0.2, -0.15) is 0 Å². The van der Waals surface area contributed by atoms with Crippen LogP contribution in [0, 0.1) is 5.92 Å². The molecule has 6 heteroatoms. The van der Waals surface area contributed by atoms with E-state index in [2.05, 4.69) is 12.1 Å². The van der Waals surface area contributed by atoms with E-state index in [1.165, 1.54) is 17.3 Å². The number of hydrogen-bond acceptors (Lipinski definition) is 5. The Morgan fingerprint density at radius 2 is 1.93 bits per heavy atom. The fourth-order valence-electron chi connectivity index (χ4n) is 3.21. The van der Waals surface area contributed by atoms with Crippen molar-refractivity contribution in [2.75, 3.05) is 12.9 Å². The number of rotatable bonds is 6. The molecule has 142 valence electrons. The number of aliphatic hydroxyl groups is 1. The van der Waals surface area contributed by atoms with Crippen LogP contribution >= 0.6 is 24.0 Å². The van der Waals surface area contributed by atoms with Gasteiger partial charge in [0.25, 0.3) is 0 Å². The summed E-state index contributed by atoms with van der Waals surface area (Å²) in [6.45, 7) is 1.75. The number of methoxy groups -OCH3 is 1. The van der Waals surface area contributed by atoms with Crippen molar-refractivity contribution in [2.45, 2.75) is 25.5 Å². The van der Waals surface area contributed by atoms with Crippen LogP contribution in [0.5, 0.6) is 5.75 Å². The zero-order valence-electron chi connectivity index (χ0n) is 15.4. The molecule has 1 aliphatic rings. The lowest BCUT2D eigenvalue weighted by atomic mass is 9.95. The van der Waals surface area contributed by atoms with Gasteiger partial charge < -0.3 is 9.84 Å². The minimum Gasteiger partial charge on any atom is -0.497 e. The second-order valence-electron chi connectivity index (χ2n) is 6.64. The van der Waals surface area contributed by atoms with Crippen LogP contribution in [0.3, 0.4) is 0 Å². The van der Waals surface area contributed by atoms with Crippen molar-refractivity contribution in [3.8, 4) is 5.75 Å². The van der Waals surface area contributed by atoms with Crippen molar-refractivity contribution in [1.82, 2.24) is 4.90 Å². The Hall–Kier alpha value is -1.89. The molecule has 2 aromatic rings. The summed E-state index contributed by atoms with van der Waals surface area (Å²) < 4.78 is 5.74. The van der Waals surface area contributed by atoms with E-state index < -0.39 is 12.0 Å². The first kappa shape index (κ1) is 19.9. The van der Waals surface area contributed by atoms with Crippen LogP contribution in [0.4, 0.5) is 0 Å². The lowest BCUT2D eigenvalue weighted by Crippen LogP contribution is -2.44. The highest BCUT2D eigenvalue weighted by atomic mass is 32.2. The third-order valence-corrected chi connectivity index (χ3v) is 6.38. The quantitative estimate of drug-likeness (QED) is 0.746. The second kappa shape index (κ2) is 8.87. The summed E-state index contributed by atoms with van der Waals surface area (Å²) in [6.07, 6.45) is -0.139. The average Bonchev–Trinajstić information content (AvgIpc) is 3.07. The predicted molar refractivity (Wildman–Crippen MR) is 113 cm³/mol. The number of carbonyl (C=O) groups excluding carboxylic acids is 1. The maximum absolute atomic E-state index is 13.1. The summed E-state index contributed by atoms with van der Waals surface area (Å²) >= 11 is 6.96. The number of carbonyl (C=O) groups is 1. The smallest absolute Gasteiger partial charge is 0.234 e. The van der Waals surface area contributed by atoms with Gasteiger partial charge in [-0.25, -0.2) is 0 Å². The number of thiocarbonyl (C=S) groups is 1. The van der Waals surface area contributed by atoms with E-state index in [0.717, 1.165) is 12.2 Å². The van der Waals surface area contributed by atoms with Crippen LogP contribution < -0.4 is 4.74 Å². The number of benzene rings is 2. The molecule has 0 radical (unpaired) electrons. The molecule has 1 amide bonds. The molecule has 4 nitrogen and oxygen atoms in total. The van der Waals surface area contributed by atoms with Crippen LogP contribution in [0.2, 0.25) is 0 Å². The summed E-state index contributed by atoms with van der Waals surface area (Å²) in [5.41, 5.74) is 1.86. The molecule has 0 bridgehead atoms. The molecule has 0 spiro atoms. The molecule has 0 aliphatic carbocycles. The topological polar surface area (TPSA) is 49.8 Å². The van der Waals surface area contributed by atoms with Gasteiger partial charge in [0.2, 0.25) is 5.91 Å². The second-order valence-corrected chi connectivity index (χ2v) is 8.29. The Balaban J connectivity index is 1.73. The predicted octanol–water partition coefficient (Wildman–Crippen LogP) is 3.84. The van der Waals surface area contributed by atoms with Crippen LogP contribution in [-0.4, -0.2) is 39.1 Å². The van der Waals surface area contributed by atoms with Gasteiger partial charge in [0.15, 0.2) is 0 Å². The average molecular weight is 402 g/mol. The van der Waals surface area contributed by atoms with Crippen molar-refractivity contribution in [2.24, 2.45) is 5.92 Å². The zero-order chi connectivity index (χ0) is 19.4. The molecule has 3 atom stereocenters. The SMILES string of the molecule is COc1ccc([C@H](O)[C@H](C)C(=O)N2C(=S)SC[C@@H]2Cc2ccccc2)cc1. The number of thioether (sulfide) groups is 1. The van der Waals surface area contributed by atoms with Gasteiger partial charge in [-0.15, -0.1) is 0 Å². The van der Waals surface area contributed by atoms with Gasteiger partial charge in [0.05, 0.1) is 25.2 Å². The zero-order valence-corrected chi connectivity index (χ0v) is 17.0. The van der Waals surface area contributed by atoms with Crippen molar-refractivity contribution in [3.05, 3.63) is 65.7 Å². The number of ether oxygens (including phenoxy) is 1. The highest BCUT2D eigenvalue weighted by Gasteiger charge is 2.38. The van der Waals surface area contributed by atoms with Gasteiger partial charge in [0, 0.05) is 5.75 Å². The van der Waals surface area contributed by atoms with E-state index in [9.17, 15) is 9.90 Å². The molecule has 3 rings (SSSR count). The third-order valence-electron chi connectivity index (χ3n) is 4.83. The molecular formula is C21H23NO3S2. The van der Waals surface area contributed by atoms with Crippen molar-refractivity contribution < 1.29 is 14.6 Å². The fraction of sp³-hybridized carbons (Fsp3) is 0.333. The van der Waals surface area contributed by atoms with Crippen LogP contribution in [-0.2, 0) is 11.2 Å². The number of nitrogens with zero attached hydrogens (tertiary/aromatic N) is 1. The van der Waals surface area contributed by atoms with E-state index in [4.69, 9.17) is 17.0 Å². The minimum atomic E-state index is -0.894. The standard InChI is InChI=1S/C21H23NO3S2/c1-14(19(23)16-8-10-18(25-2)11-9-16)20(24)22-17(13-27-21(22)26)12-15-6-4-3-5-7-15/h3-11,14,17,19,23H,12-13H2,1-2H3/t14-,17-,19+/m0/s1. The maximum atomic E-state index is 13.1. The van der Waals surface area contributed by atoms with Gasteiger partial charge in [0.1, 0.15) is 10.1 Å². The van der Waals surface area contributed by atoms with Crippen LogP contribution in [0.1, 0.15) is 24.2 Å². The highest BCUT2D eigenvalue weighted by molar-refractivity contribution is 8.23. The molecule has 1 aliphatic heterocycles. The van der Waals surface area contributed by atoms with E-state index in [-0.39, 0.29) is 11.9 Å². The number of amides is 1. The molecular weight excluding hydrogens is 378 g/mol. The maximum Gasteiger partial charge on any atom is 0.234 e. The lowest BCUT2D eigenvalue weighted by molar-refractivity contribution is -0.135. The molecule has 2 aromatic carbocycles.